The average molecular weight is 301 g/mol. The van der Waals surface area contributed by atoms with E-state index in [0.717, 1.165) is 31.1 Å². The zero-order valence-corrected chi connectivity index (χ0v) is 12.7. The van der Waals surface area contributed by atoms with Crippen LogP contribution >= 0.6 is 0 Å². The number of carbonyl (C=O) groups is 2. The van der Waals surface area contributed by atoms with Gasteiger partial charge in [-0.15, -0.1) is 0 Å². The molecular weight excluding hydrogens is 278 g/mol. The summed E-state index contributed by atoms with van der Waals surface area (Å²) in [6, 6.07) is 9.54. The SMILES string of the molecule is O=CC1CN([C@H](CC2CCC2)C(=O)O)CC1c1ccccc1. The molecule has 3 atom stereocenters. The molecule has 1 aliphatic heterocycles. The van der Waals surface area contributed by atoms with Gasteiger partial charge in [-0.1, -0.05) is 49.6 Å². The van der Waals surface area contributed by atoms with E-state index >= 15 is 0 Å². The highest BCUT2D eigenvalue weighted by Gasteiger charge is 2.40. The van der Waals surface area contributed by atoms with Crippen LogP contribution in [0.2, 0.25) is 0 Å². The van der Waals surface area contributed by atoms with E-state index in [9.17, 15) is 14.7 Å². The number of likely N-dealkylation sites (tertiary alicyclic amines) is 1. The summed E-state index contributed by atoms with van der Waals surface area (Å²) in [4.78, 5) is 25.1. The Morgan fingerprint density at radius 3 is 2.55 bits per heavy atom. The van der Waals surface area contributed by atoms with Crippen LogP contribution in [0.3, 0.4) is 0 Å². The van der Waals surface area contributed by atoms with Crippen molar-refractivity contribution in [2.45, 2.75) is 37.6 Å². The number of carbonyl (C=O) groups excluding carboxylic acids is 1. The van der Waals surface area contributed by atoms with Gasteiger partial charge in [-0.05, 0) is 17.9 Å². The third-order valence-electron chi connectivity index (χ3n) is 5.30. The maximum atomic E-state index is 11.7. The van der Waals surface area contributed by atoms with E-state index in [4.69, 9.17) is 0 Å². The molecule has 4 heteroatoms. The fourth-order valence-electron chi connectivity index (χ4n) is 3.76. The van der Waals surface area contributed by atoms with Gasteiger partial charge in [-0.2, -0.15) is 0 Å². The second kappa shape index (κ2) is 6.61. The van der Waals surface area contributed by atoms with E-state index in [1.807, 2.05) is 35.2 Å². The molecule has 0 amide bonds. The number of aldehydes is 1. The van der Waals surface area contributed by atoms with Gasteiger partial charge in [-0.25, -0.2) is 0 Å². The van der Waals surface area contributed by atoms with Crippen molar-refractivity contribution < 1.29 is 14.7 Å². The van der Waals surface area contributed by atoms with Gasteiger partial charge in [0.05, 0.1) is 0 Å². The Bertz CT molecular complexity index is 526. The zero-order valence-electron chi connectivity index (χ0n) is 12.7. The minimum absolute atomic E-state index is 0.106. The van der Waals surface area contributed by atoms with Crippen LogP contribution in [0.15, 0.2) is 30.3 Å². The first-order valence-electron chi connectivity index (χ1n) is 8.16. The number of carboxylic acid groups (broad SMARTS) is 1. The lowest BCUT2D eigenvalue weighted by molar-refractivity contribution is -0.144. The molecule has 2 fully saturated rings. The molecule has 1 aromatic rings. The van der Waals surface area contributed by atoms with Crippen LogP contribution in [0.1, 0.15) is 37.2 Å². The second-order valence-electron chi connectivity index (χ2n) is 6.66. The lowest BCUT2D eigenvalue weighted by Gasteiger charge is -2.32. The average Bonchev–Trinajstić information content (AvgIpc) is 2.90. The summed E-state index contributed by atoms with van der Waals surface area (Å²) in [6.45, 7) is 1.23. The van der Waals surface area contributed by atoms with Crippen molar-refractivity contribution >= 4 is 12.3 Å². The van der Waals surface area contributed by atoms with Gasteiger partial charge < -0.3 is 9.90 Å². The zero-order chi connectivity index (χ0) is 15.5. The molecule has 0 spiro atoms. The summed E-state index contributed by atoms with van der Waals surface area (Å²) in [5.74, 6) is -0.190. The summed E-state index contributed by atoms with van der Waals surface area (Å²) >= 11 is 0. The first-order chi connectivity index (χ1) is 10.7. The molecule has 0 radical (unpaired) electrons. The fourth-order valence-corrected chi connectivity index (χ4v) is 3.76. The Morgan fingerprint density at radius 2 is 2.00 bits per heavy atom. The largest absolute Gasteiger partial charge is 0.480 e. The van der Waals surface area contributed by atoms with E-state index in [0.29, 0.717) is 19.0 Å². The predicted molar refractivity (Wildman–Crippen MR) is 83.7 cm³/mol. The Hall–Kier alpha value is -1.68. The van der Waals surface area contributed by atoms with Crippen molar-refractivity contribution in [3.8, 4) is 0 Å². The lowest BCUT2D eigenvalue weighted by Crippen LogP contribution is -2.42. The van der Waals surface area contributed by atoms with Gasteiger partial charge in [0.2, 0.25) is 0 Å². The van der Waals surface area contributed by atoms with Gasteiger partial charge in [0.15, 0.2) is 0 Å². The smallest absolute Gasteiger partial charge is 0.320 e. The van der Waals surface area contributed by atoms with Gasteiger partial charge >= 0.3 is 5.97 Å². The summed E-state index contributed by atoms with van der Waals surface area (Å²) < 4.78 is 0. The predicted octanol–water partition coefficient (Wildman–Crippen LogP) is 2.54. The van der Waals surface area contributed by atoms with E-state index < -0.39 is 12.0 Å². The van der Waals surface area contributed by atoms with Gasteiger partial charge in [0.1, 0.15) is 12.3 Å². The molecule has 1 N–H and O–H groups in total. The highest BCUT2D eigenvalue weighted by Crippen LogP contribution is 2.36. The van der Waals surface area contributed by atoms with Crippen LogP contribution in [0.5, 0.6) is 0 Å². The molecule has 1 aliphatic carbocycles. The summed E-state index contributed by atoms with van der Waals surface area (Å²) in [7, 11) is 0. The molecule has 4 nitrogen and oxygen atoms in total. The highest BCUT2D eigenvalue weighted by atomic mass is 16.4. The Kier molecular flexibility index (Phi) is 4.57. The number of carboxylic acids is 1. The molecule has 1 saturated heterocycles. The summed E-state index contributed by atoms with van der Waals surface area (Å²) in [5.41, 5.74) is 1.13. The molecular formula is C18H23NO3. The van der Waals surface area contributed by atoms with Crippen molar-refractivity contribution in [2.75, 3.05) is 13.1 Å². The van der Waals surface area contributed by atoms with Crippen LogP contribution in [-0.2, 0) is 9.59 Å². The third kappa shape index (κ3) is 3.07. The molecule has 1 saturated carbocycles. The molecule has 22 heavy (non-hydrogen) atoms. The molecule has 1 heterocycles. The Balaban J connectivity index is 1.74. The third-order valence-corrected chi connectivity index (χ3v) is 5.30. The minimum Gasteiger partial charge on any atom is -0.480 e. The van der Waals surface area contributed by atoms with Gasteiger partial charge in [0.25, 0.3) is 0 Å². The lowest BCUT2D eigenvalue weighted by atomic mass is 9.80. The second-order valence-corrected chi connectivity index (χ2v) is 6.66. The van der Waals surface area contributed by atoms with Crippen LogP contribution in [-0.4, -0.2) is 41.4 Å². The molecule has 0 aromatic heterocycles. The van der Waals surface area contributed by atoms with E-state index in [2.05, 4.69) is 0 Å². The number of hydrogen-bond donors (Lipinski definition) is 1. The summed E-state index contributed by atoms with van der Waals surface area (Å²) in [6.07, 6.45) is 5.25. The minimum atomic E-state index is -0.745. The van der Waals surface area contributed by atoms with Crippen LogP contribution in [0.25, 0.3) is 0 Å². The van der Waals surface area contributed by atoms with E-state index in [1.54, 1.807) is 0 Å². The summed E-state index contributed by atoms with van der Waals surface area (Å²) in [5, 5.41) is 9.59. The highest BCUT2D eigenvalue weighted by molar-refractivity contribution is 5.74. The normalized spacial score (nSPS) is 27.3. The van der Waals surface area contributed by atoms with Crippen molar-refractivity contribution in [1.29, 1.82) is 0 Å². The molecule has 0 bridgehead atoms. The topological polar surface area (TPSA) is 57.6 Å². The van der Waals surface area contributed by atoms with Crippen molar-refractivity contribution in [3.05, 3.63) is 35.9 Å². The molecule has 118 valence electrons. The number of aliphatic carboxylic acids is 1. The number of hydrogen-bond acceptors (Lipinski definition) is 3. The first kappa shape index (κ1) is 15.2. The maximum absolute atomic E-state index is 11.7. The molecule has 3 rings (SSSR count). The van der Waals surface area contributed by atoms with Crippen molar-refractivity contribution in [1.82, 2.24) is 4.90 Å². The van der Waals surface area contributed by atoms with Crippen LogP contribution in [0, 0.1) is 11.8 Å². The molecule has 2 unspecified atom stereocenters. The monoisotopic (exact) mass is 301 g/mol. The Labute approximate surface area is 131 Å². The maximum Gasteiger partial charge on any atom is 0.320 e. The quantitative estimate of drug-likeness (QED) is 0.820. The molecule has 2 aliphatic rings. The van der Waals surface area contributed by atoms with Crippen LogP contribution in [0.4, 0.5) is 0 Å². The molecule has 1 aromatic carbocycles. The van der Waals surface area contributed by atoms with Gasteiger partial charge in [-0.3, -0.25) is 9.69 Å². The van der Waals surface area contributed by atoms with Crippen LogP contribution < -0.4 is 0 Å². The first-order valence-corrected chi connectivity index (χ1v) is 8.16. The standard InChI is InChI=1S/C18H23NO3/c20-12-15-10-19(11-16(15)14-7-2-1-3-8-14)17(18(21)22)9-13-5-4-6-13/h1-3,7-8,12-13,15-17H,4-6,9-11H2,(H,21,22)/t15?,16?,17-/m1/s1. The van der Waals surface area contributed by atoms with Crippen molar-refractivity contribution in [2.24, 2.45) is 11.8 Å². The number of benzene rings is 1. The Morgan fingerprint density at radius 1 is 1.27 bits per heavy atom. The van der Waals surface area contributed by atoms with E-state index in [-0.39, 0.29) is 11.8 Å². The number of rotatable bonds is 6. The fraction of sp³-hybridized carbons (Fsp3) is 0.556. The van der Waals surface area contributed by atoms with Crippen molar-refractivity contribution in [3.63, 3.8) is 0 Å². The number of nitrogens with zero attached hydrogens (tertiary/aromatic N) is 1. The van der Waals surface area contributed by atoms with E-state index in [1.165, 1.54) is 6.42 Å². The van der Waals surface area contributed by atoms with Gasteiger partial charge in [0, 0.05) is 24.9 Å².